The number of carbonyl (C=O) groups is 1. The van der Waals surface area contributed by atoms with Crippen molar-refractivity contribution in [2.45, 2.75) is 31.6 Å². The van der Waals surface area contributed by atoms with Crippen LogP contribution in [0, 0.1) is 23.3 Å². The zero-order chi connectivity index (χ0) is 18.9. The Labute approximate surface area is 166 Å². The molecule has 1 N–H and O–H groups in total. The Hall–Kier alpha value is -1.46. The van der Waals surface area contributed by atoms with Gasteiger partial charge in [-0.1, -0.05) is 5.16 Å². The molecule has 0 aliphatic carbocycles. The van der Waals surface area contributed by atoms with Gasteiger partial charge in [-0.2, -0.15) is 4.31 Å². The maximum absolute atomic E-state index is 12.9. The van der Waals surface area contributed by atoms with Gasteiger partial charge in [0.2, 0.25) is 15.9 Å². The molecule has 1 unspecified atom stereocenters. The molecule has 0 radical (unpaired) electrons. The molecule has 1 aromatic carbocycles. The Balaban J connectivity index is 1.74. The first kappa shape index (κ1) is 19.3. The van der Waals surface area contributed by atoms with Gasteiger partial charge in [-0.15, -0.1) is 0 Å². The van der Waals surface area contributed by atoms with Gasteiger partial charge in [0, 0.05) is 22.3 Å². The Morgan fingerprint density at radius 3 is 2.62 bits per heavy atom. The molecule has 140 valence electrons. The largest absolute Gasteiger partial charge is 0.360 e. The van der Waals surface area contributed by atoms with Crippen LogP contribution in [-0.2, 0) is 14.8 Å². The number of halogens is 1. The van der Waals surface area contributed by atoms with Crippen molar-refractivity contribution in [3.8, 4) is 0 Å². The number of aryl methyl sites for hydroxylation is 2. The number of amides is 1. The monoisotopic (exact) mass is 489 g/mol. The molecular formula is C17H20IN3O4S. The number of anilines is 1. The third kappa shape index (κ3) is 3.94. The predicted octanol–water partition coefficient (Wildman–Crippen LogP) is 2.94. The molecule has 7 nitrogen and oxygen atoms in total. The van der Waals surface area contributed by atoms with Crippen molar-refractivity contribution in [1.82, 2.24) is 9.46 Å². The second-order valence-corrected chi connectivity index (χ2v) is 9.47. The molecule has 3 rings (SSSR count). The van der Waals surface area contributed by atoms with Gasteiger partial charge in [-0.3, -0.25) is 4.79 Å². The highest BCUT2D eigenvalue weighted by atomic mass is 127. The van der Waals surface area contributed by atoms with Crippen molar-refractivity contribution in [2.24, 2.45) is 5.92 Å². The van der Waals surface area contributed by atoms with Crippen molar-refractivity contribution in [3.63, 3.8) is 0 Å². The van der Waals surface area contributed by atoms with Crippen LogP contribution in [0.1, 0.15) is 24.3 Å². The fraction of sp³-hybridized carbons (Fsp3) is 0.412. The van der Waals surface area contributed by atoms with Gasteiger partial charge in [0.1, 0.15) is 10.6 Å². The number of nitrogens with one attached hydrogen (secondary N) is 1. The fourth-order valence-electron chi connectivity index (χ4n) is 3.12. The second kappa shape index (κ2) is 7.65. The highest BCUT2D eigenvalue weighted by Gasteiger charge is 2.36. The Morgan fingerprint density at radius 1 is 1.31 bits per heavy atom. The number of rotatable bonds is 4. The summed E-state index contributed by atoms with van der Waals surface area (Å²) in [6.45, 7) is 3.73. The van der Waals surface area contributed by atoms with Crippen LogP contribution >= 0.6 is 22.6 Å². The van der Waals surface area contributed by atoms with E-state index in [9.17, 15) is 13.2 Å². The van der Waals surface area contributed by atoms with E-state index in [1.165, 1.54) is 4.31 Å². The zero-order valence-electron chi connectivity index (χ0n) is 14.5. The molecule has 0 bridgehead atoms. The van der Waals surface area contributed by atoms with Crippen molar-refractivity contribution < 1.29 is 17.7 Å². The molecule has 1 aliphatic heterocycles. The molecule has 1 amide bonds. The van der Waals surface area contributed by atoms with E-state index in [2.05, 4.69) is 33.1 Å². The molecule has 1 aromatic heterocycles. The molecule has 1 atom stereocenters. The van der Waals surface area contributed by atoms with E-state index >= 15 is 0 Å². The Kier molecular flexibility index (Phi) is 5.68. The van der Waals surface area contributed by atoms with Crippen LogP contribution in [0.25, 0.3) is 0 Å². The summed E-state index contributed by atoms with van der Waals surface area (Å²) in [5, 5.41) is 6.61. The van der Waals surface area contributed by atoms with E-state index in [1.54, 1.807) is 13.8 Å². The first-order chi connectivity index (χ1) is 12.3. The van der Waals surface area contributed by atoms with Crippen LogP contribution in [0.3, 0.4) is 0 Å². The molecule has 0 saturated carbocycles. The molecule has 0 spiro atoms. The van der Waals surface area contributed by atoms with Crippen LogP contribution in [0.5, 0.6) is 0 Å². The van der Waals surface area contributed by atoms with Crippen LogP contribution in [0.4, 0.5) is 5.69 Å². The van der Waals surface area contributed by atoms with Crippen LogP contribution in [-0.4, -0.2) is 36.9 Å². The Bertz CT molecular complexity index is 889. The minimum Gasteiger partial charge on any atom is -0.360 e. The summed E-state index contributed by atoms with van der Waals surface area (Å²) in [6, 6.07) is 7.48. The molecule has 1 saturated heterocycles. The Morgan fingerprint density at radius 2 is 2.00 bits per heavy atom. The minimum absolute atomic E-state index is 0.108. The molecule has 1 aliphatic rings. The predicted molar refractivity (Wildman–Crippen MR) is 105 cm³/mol. The quantitative estimate of drug-likeness (QED) is 0.667. The number of benzene rings is 1. The van der Waals surface area contributed by atoms with E-state index in [0.717, 1.165) is 3.57 Å². The summed E-state index contributed by atoms with van der Waals surface area (Å²) in [7, 11) is -3.73. The van der Waals surface area contributed by atoms with Crippen LogP contribution < -0.4 is 5.32 Å². The van der Waals surface area contributed by atoms with E-state index < -0.39 is 15.9 Å². The molecule has 2 heterocycles. The topological polar surface area (TPSA) is 92.5 Å². The molecule has 26 heavy (non-hydrogen) atoms. The second-order valence-electron chi connectivity index (χ2n) is 6.35. The highest BCUT2D eigenvalue weighted by molar-refractivity contribution is 14.1. The third-order valence-corrected chi connectivity index (χ3v) is 7.26. The lowest BCUT2D eigenvalue weighted by atomic mass is 9.99. The lowest BCUT2D eigenvalue weighted by Crippen LogP contribution is -2.43. The molecule has 1 fully saturated rings. The number of nitrogens with zero attached hydrogens (tertiary/aromatic N) is 2. The third-order valence-electron chi connectivity index (χ3n) is 4.43. The smallest absolute Gasteiger partial charge is 0.248 e. The average Bonchev–Trinajstić information content (AvgIpc) is 2.96. The SMILES string of the molecule is Cc1noc(C)c1S(=O)(=O)N1CCCC(C(=O)Nc2ccc(I)cc2)C1. The van der Waals surface area contributed by atoms with Gasteiger partial charge in [0.05, 0.1) is 5.92 Å². The van der Waals surface area contributed by atoms with Gasteiger partial charge in [0.15, 0.2) is 5.76 Å². The van der Waals surface area contributed by atoms with E-state index in [0.29, 0.717) is 30.8 Å². The van der Waals surface area contributed by atoms with Crippen molar-refractivity contribution in [3.05, 3.63) is 39.3 Å². The van der Waals surface area contributed by atoms with E-state index in [1.807, 2.05) is 24.3 Å². The normalized spacial score (nSPS) is 18.7. The maximum atomic E-state index is 12.9. The number of aromatic nitrogens is 1. The lowest BCUT2D eigenvalue weighted by Gasteiger charge is -2.31. The van der Waals surface area contributed by atoms with Gasteiger partial charge in [-0.05, 0) is 73.5 Å². The number of sulfonamides is 1. The van der Waals surface area contributed by atoms with Crippen molar-refractivity contribution in [2.75, 3.05) is 18.4 Å². The highest BCUT2D eigenvalue weighted by Crippen LogP contribution is 2.28. The first-order valence-corrected chi connectivity index (χ1v) is 10.8. The first-order valence-electron chi connectivity index (χ1n) is 8.28. The minimum atomic E-state index is -3.73. The summed E-state index contributed by atoms with van der Waals surface area (Å²) in [4.78, 5) is 12.7. The summed E-state index contributed by atoms with van der Waals surface area (Å²) in [5.41, 5.74) is 1.05. The summed E-state index contributed by atoms with van der Waals surface area (Å²) < 4.78 is 33.3. The summed E-state index contributed by atoms with van der Waals surface area (Å²) >= 11 is 2.20. The molecule has 2 aromatic rings. The van der Waals surface area contributed by atoms with Gasteiger partial charge >= 0.3 is 0 Å². The summed E-state index contributed by atoms with van der Waals surface area (Å²) in [6.07, 6.45) is 1.29. The maximum Gasteiger partial charge on any atom is 0.248 e. The molecular weight excluding hydrogens is 469 g/mol. The van der Waals surface area contributed by atoms with Crippen molar-refractivity contribution in [1.29, 1.82) is 0 Å². The number of piperidine rings is 1. The van der Waals surface area contributed by atoms with E-state index in [-0.39, 0.29) is 23.1 Å². The van der Waals surface area contributed by atoms with Crippen molar-refractivity contribution >= 4 is 44.2 Å². The van der Waals surface area contributed by atoms with Gasteiger partial charge in [-0.25, -0.2) is 8.42 Å². The van der Waals surface area contributed by atoms with E-state index in [4.69, 9.17) is 4.52 Å². The average molecular weight is 489 g/mol. The fourth-order valence-corrected chi connectivity index (χ4v) is 5.30. The zero-order valence-corrected chi connectivity index (χ0v) is 17.5. The number of hydrogen-bond acceptors (Lipinski definition) is 5. The van der Waals surface area contributed by atoms with Crippen LogP contribution in [0.15, 0.2) is 33.7 Å². The number of carbonyl (C=O) groups excluding carboxylic acids is 1. The van der Waals surface area contributed by atoms with Gasteiger partial charge < -0.3 is 9.84 Å². The van der Waals surface area contributed by atoms with Crippen LogP contribution in [0.2, 0.25) is 0 Å². The molecule has 9 heteroatoms. The number of hydrogen-bond donors (Lipinski definition) is 1. The standard InChI is InChI=1S/C17H20IN3O4S/c1-11-16(12(2)25-20-11)26(23,24)21-9-3-4-13(10-21)17(22)19-15-7-5-14(18)6-8-15/h5-8,13H,3-4,9-10H2,1-2H3,(H,19,22). The summed E-state index contributed by atoms with van der Waals surface area (Å²) in [5.74, 6) is -0.281. The van der Waals surface area contributed by atoms with Gasteiger partial charge in [0.25, 0.3) is 0 Å². The lowest BCUT2D eigenvalue weighted by molar-refractivity contribution is -0.120.